The quantitative estimate of drug-likeness (QED) is 0.740. The molecular formula is C18H15N5O2S. The second kappa shape index (κ2) is 7.01. The van der Waals surface area contributed by atoms with Crippen molar-refractivity contribution < 1.29 is 9.59 Å². The predicted octanol–water partition coefficient (Wildman–Crippen LogP) is 2.34. The lowest BCUT2D eigenvalue weighted by Gasteiger charge is -2.24. The van der Waals surface area contributed by atoms with Crippen molar-refractivity contribution in [2.75, 3.05) is 5.32 Å². The third kappa shape index (κ3) is 3.31. The molecular weight excluding hydrogens is 350 g/mol. The van der Waals surface area contributed by atoms with Gasteiger partial charge in [0.1, 0.15) is 10.7 Å². The van der Waals surface area contributed by atoms with Crippen LogP contribution in [-0.2, 0) is 16.1 Å². The van der Waals surface area contributed by atoms with Crippen LogP contribution in [0.1, 0.15) is 23.6 Å². The van der Waals surface area contributed by atoms with Gasteiger partial charge in [0.15, 0.2) is 0 Å². The number of nitrogens with zero attached hydrogens (tertiary/aromatic N) is 3. The van der Waals surface area contributed by atoms with Crippen molar-refractivity contribution in [2.45, 2.75) is 18.9 Å². The maximum atomic E-state index is 12.6. The molecule has 0 saturated carbocycles. The van der Waals surface area contributed by atoms with Crippen LogP contribution in [0.3, 0.4) is 0 Å². The molecule has 0 fully saturated rings. The molecule has 0 aliphatic carbocycles. The summed E-state index contributed by atoms with van der Waals surface area (Å²) in [6.07, 6.45) is 5.02. The summed E-state index contributed by atoms with van der Waals surface area (Å²) in [7, 11) is 0. The van der Waals surface area contributed by atoms with Gasteiger partial charge in [-0.25, -0.2) is 4.98 Å². The van der Waals surface area contributed by atoms with Crippen molar-refractivity contribution in [2.24, 2.45) is 0 Å². The van der Waals surface area contributed by atoms with Crippen LogP contribution in [0, 0.1) is 0 Å². The van der Waals surface area contributed by atoms with E-state index >= 15 is 0 Å². The molecule has 3 heterocycles. The molecule has 0 radical (unpaired) electrons. The number of hydrogen-bond acceptors (Lipinski definition) is 6. The van der Waals surface area contributed by atoms with Crippen molar-refractivity contribution in [3.05, 3.63) is 59.5 Å². The van der Waals surface area contributed by atoms with Crippen LogP contribution in [0.2, 0.25) is 0 Å². The Morgan fingerprint density at radius 3 is 3.04 bits per heavy atom. The molecule has 7 nitrogen and oxygen atoms in total. The minimum absolute atomic E-state index is 0.144. The zero-order chi connectivity index (χ0) is 17.9. The molecule has 0 bridgehead atoms. The molecule has 1 aliphatic heterocycles. The Labute approximate surface area is 153 Å². The van der Waals surface area contributed by atoms with E-state index in [1.807, 2.05) is 23.6 Å². The van der Waals surface area contributed by atoms with Crippen LogP contribution >= 0.6 is 11.3 Å². The third-order valence-electron chi connectivity index (χ3n) is 4.09. The first-order valence-corrected chi connectivity index (χ1v) is 8.96. The van der Waals surface area contributed by atoms with E-state index < -0.39 is 5.92 Å². The Morgan fingerprint density at radius 1 is 1.31 bits per heavy atom. The minimum Gasteiger partial charge on any atom is -0.350 e. The maximum absolute atomic E-state index is 12.6. The van der Waals surface area contributed by atoms with Crippen LogP contribution in [0.4, 0.5) is 5.69 Å². The Kier molecular flexibility index (Phi) is 4.40. The van der Waals surface area contributed by atoms with Crippen LogP contribution in [0.15, 0.2) is 48.2 Å². The molecule has 2 N–H and O–H groups in total. The number of amides is 2. The fraction of sp³-hybridized carbons (Fsp3) is 0.167. The summed E-state index contributed by atoms with van der Waals surface area (Å²) in [5.74, 6) is -0.818. The highest BCUT2D eigenvalue weighted by Crippen LogP contribution is 2.32. The van der Waals surface area contributed by atoms with E-state index in [-0.39, 0.29) is 18.2 Å². The van der Waals surface area contributed by atoms with E-state index in [0.717, 1.165) is 16.3 Å². The number of carbonyl (C=O) groups is 2. The fourth-order valence-electron chi connectivity index (χ4n) is 2.86. The van der Waals surface area contributed by atoms with Crippen molar-refractivity contribution in [1.82, 2.24) is 20.3 Å². The van der Waals surface area contributed by atoms with E-state index in [1.54, 1.807) is 24.7 Å². The lowest BCUT2D eigenvalue weighted by Crippen LogP contribution is -2.34. The molecule has 26 heavy (non-hydrogen) atoms. The summed E-state index contributed by atoms with van der Waals surface area (Å²) in [6, 6.07) is 7.38. The second-order valence-electron chi connectivity index (χ2n) is 5.84. The number of nitrogens with one attached hydrogen (secondary N) is 2. The topological polar surface area (TPSA) is 96.9 Å². The number of thiazole rings is 1. The number of aromatic nitrogens is 3. The van der Waals surface area contributed by atoms with Crippen molar-refractivity contribution in [1.29, 1.82) is 0 Å². The molecule has 0 spiro atoms. The minimum atomic E-state index is -0.488. The van der Waals surface area contributed by atoms with E-state index in [1.165, 1.54) is 11.3 Å². The molecule has 1 aliphatic rings. The van der Waals surface area contributed by atoms with Crippen molar-refractivity contribution >= 4 is 28.8 Å². The number of para-hydroxylation sites is 1. The van der Waals surface area contributed by atoms with Crippen LogP contribution in [-0.4, -0.2) is 26.8 Å². The summed E-state index contributed by atoms with van der Waals surface area (Å²) in [6.45, 7) is 0.301. The van der Waals surface area contributed by atoms with Gasteiger partial charge in [-0.2, -0.15) is 0 Å². The molecule has 1 aromatic carbocycles. The van der Waals surface area contributed by atoms with Gasteiger partial charge in [0.2, 0.25) is 11.8 Å². The highest BCUT2D eigenvalue weighted by Gasteiger charge is 2.30. The SMILES string of the molecule is O=C1CC(C(=O)NCc2csc(-c3cnccn3)n2)c2ccccc2N1. The van der Waals surface area contributed by atoms with Crippen LogP contribution in [0.5, 0.6) is 0 Å². The van der Waals surface area contributed by atoms with Gasteiger partial charge in [-0.1, -0.05) is 18.2 Å². The molecule has 4 rings (SSSR count). The van der Waals surface area contributed by atoms with Crippen molar-refractivity contribution in [3.8, 4) is 10.7 Å². The first-order valence-electron chi connectivity index (χ1n) is 8.08. The first-order chi connectivity index (χ1) is 12.7. The number of hydrogen-bond donors (Lipinski definition) is 2. The average Bonchev–Trinajstić information content (AvgIpc) is 3.15. The molecule has 0 saturated heterocycles. The number of carbonyl (C=O) groups excluding carboxylic acids is 2. The van der Waals surface area contributed by atoms with E-state index in [0.29, 0.717) is 17.9 Å². The van der Waals surface area contributed by atoms with E-state index in [4.69, 9.17) is 0 Å². The third-order valence-corrected chi connectivity index (χ3v) is 5.01. The Hall–Kier alpha value is -3.13. The maximum Gasteiger partial charge on any atom is 0.228 e. The summed E-state index contributed by atoms with van der Waals surface area (Å²) >= 11 is 1.45. The summed E-state index contributed by atoms with van der Waals surface area (Å²) < 4.78 is 0. The lowest BCUT2D eigenvalue weighted by atomic mass is 9.90. The molecule has 2 aromatic heterocycles. The second-order valence-corrected chi connectivity index (χ2v) is 6.70. The highest BCUT2D eigenvalue weighted by molar-refractivity contribution is 7.13. The highest BCUT2D eigenvalue weighted by atomic mass is 32.1. The van der Waals surface area contributed by atoms with Gasteiger partial charge >= 0.3 is 0 Å². The number of benzene rings is 1. The standard InChI is InChI=1S/C18H15N5O2S/c24-16-7-13(12-3-1-2-4-14(12)23-16)17(25)21-8-11-10-26-18(22-11)15-9-19-5-6-20-15/h1-6,9-10,13H,7-8H2,(H,21,25)(H,23,24). The predicted molar refractivity (Wildman–Crippen MR) is 97.4 cm³/mol. The van der Waals surface area contributed by atoms with Crippen LogP contribution < -0.4 is 10.6 Å². The smallest absolute Gasteiger partial charge is 0.228 e. The van der Waals surface area contributed by atoms with Gasteiger partial charge < -0.3 is 10.6 Å². The van der Waals surface area contributed by atoms with Gasteiger partial charge in [-0.3, -0.25) is 19.6 Å². The normalized spacial score (nSPS) is 15.8. The fourth-order valence-corrected chi connectivity index (χ4v) is 3.64. The van der Waals surface area contributed by atoms with Gasteiger partial charge in [0, 0.05) is 29.9 Å². The van der Waals surface area contributed by atoms with E-state index in [2.05, 4.69) is 25.6 Å². The molecule has 130 valence electrons. The van der Waals surface area contributed by atoms with Gasteiger partial charge in [0.05, 0.1) is 24.4 Å². The largest absolute Gasteiger partial charge is 0.350 e. The van der Waals surface area contributed by atoms with Crippen LogP contribution in [0.25, 0.3) is 10.7 Å². The molecule has 3 aromatic rings. The van der Waals surface area contributed by atoms with Gasteiger partial charge in [0.25, 0.3) is 0 Å². The average molecular weight is 365 g/mol. The number of rotatable bonds is 4. The van der Waals surface area contributed by atoms with Gasteiger partial charge in [-0.05, 0) is 11.6 Å². The Balaban J connectivity index is 1.45. The van der Waals surface area contributed by atoms with E-state index in [9.17, 15) is 9.59 Å². The lowest BCUT2D eigenvalue weighted by molar-refractivity contribution is -0.126. The van der Waals surface area contributed by atoms with Gasteiger partial charge in [-0.15, -0.1) is 11.3 Å². The zero-order valence-electron chi connectivity index (χ0n) is 13.7. The summed E-state index contributed by atoms with van der Waals surface area (Å²) in [4.78, 5) is 37.2. The monoisotopic (exact) mass is 365 g/mol. The molecule has 8 heteroatoms. The Bertz CT molecular complexity index is 957. The number of anilines is 1. The summed E-state index contributed by atoms with van der Waals surface area (Å²) in [5, 5.41) is 8.32. The Morgan fingerprint density at radius 2 is 2.19 bits per heavy atom. The summed E-state index contributed by atoms with van der Waals surface area (Å²) in [5.41, 5.74) is 2.98. The molecule has 1 unspecified atom stereocenters. The zero-order valence-corrected chi connectivity index (χ0v) is 14.5. The molecule has 1 atom stereocenters. The number of fused-ring (bicyclic) bond motifs is 1. The first kappa shape index (κ1) is 16.3. The van der Waals surface area contributed by atoms with Crippen molar-refractivity contribution in [3.63, 3.8) is 0 Å². The molecule has 2 amide bonds.